The van der Waals surface area contributed by atoms with Crippen LogP contribution in [0.25, 0.3) is 0 Å². The van der Waals surface area contributed by atoms with Gasteiger partial charge in [-0.1, -0.05) is 12.8 Å². The van der Waals surface area contributed by atoms with Gasteiger partial charge in [0.2, 0.25) is 0 Å². The Morgan fingerprint density at radius 2 is 2.00 bits per heavy atom. The van der Waals surface area contributed by atoms with Gasteiger partial charge in [-0.15, -0.1) is 6.42 Å². The van der Waals surface area contributed by atoms with Crippen LogP contribution >= 0.6 is 0 Å². The molecule has 4 nitrogen and oxygen atoms in total. The second-order valence-electron chi connectivity index (χ2n) is 2.19. The van der Waals surface area contributed by atoms with Crippen molar-refractivity contribution >= 4 is 11.9 Å². The average Bonchev–Trinajstić information content (AvgIpc) is 2.14. The van der Waals surface area contributed by atoms with Crippen LogP contribution in [0.15, 0.2) is 0 Å². The summed E-state index contributed by atoms with van der Waals surface area (Å²) in [5, 5.41) is 0. The van der Waals surface area contributed by atoms with E-state index in [4.69, 9.17) is 6.42 Å². The van der Waals surface area contributed by atoms with Crippen molar-refractivity contribution in [3.05, 3.63) is 0 Å². The molecule has 0 unspecified atom stereocenters. The molecule has 0 amide bonds. The smallest absolute Gasteiger partial charge is 0.310 e. The third-order valence-electron chi connectivity index (χ3n) is 1.17. The quantitative estimate of drug-likeness (QED) is 0.461. The highest BCUT2D eigenvalue weighted by Crippen LogP contribution is 1.90. The molecule has 0 aromatic heterocycles. The van der Waals surface area contributed by atoms with Gasteiger partial charge in [-0.2, -0.15) is 0 Å². The van der Waals surface area contributed by atoms with E-state index in [-0.39, 0.29) is 25.6 Å². The van der Waals surface area contributed by atoms with Crippen LogP contribution in [0.2, 0.25) is 0 Å². The Kier molecular flexibility index (Phi) is 6.34. The minimum atomic E-state index is -0.457. The van der Waals surface area contributed by atoms with Crippen LogP contribution in [0.1, 0.15) is 19.8 Å². The molecule has 0 aliphatic carbocycles. The first-order valence-corrected chi connectivity index (χ1v) is 3.95. The zero-order chi connectivity index (χ0) is 10.1. The van der Waals surface area contributed by atoms with E-state index >= 15 is 0 Å². The molecule has 0 atom stereocenters. The first kappa shape index (κ1) is 11.5. The first-order valence-electron chi connectivity index (χ1n) is 3.95. The highest BCUT2D eigenvalue weighted by Gasteiger charge is 2.03. The molecule has 0 fully saturated rings. The number of esters is 2. The average molecular weight is 184 g/mol. The van der Waals surface area contributed by atoms with Crippen LogP contribution in [0.5, 0.6) is 0 Å². The molecule has 13 heavy (non-hydrogen) atoms. The van der Waals surface area contributed by atoms with Crippen molar-refractivity contribution in [2.24, 2.45) is 0 Å². The summed E-state index contributed by atoms with van der Waals surface area (Å²) < 4.78 is 9.19. The third-order valence-corrected chi connectivity index (χ3v) is 1.17. The number of hydrogen-bond donors (Lipinski definition) is 0. The highest BCUT2D eigenvalue weighted by atomic mass is 16.5. The van der Waals surface area contributed by atoms with Gasteiger partial charge in [-0.25, -0.2) is 0 Å². The Bertz CT molecular complexity index is 214. The molecular weight excluding hydrogens is 172 g/mol. The lowest BCUT2D eigenvalue weighted by Crippen LogP contribution is -2.11. The normalized spacial score (nSPS) is 8.62. The van der Waals surface area contributed by atoms with Crippen molar-refractivity contribution < 1.29 is 19.1 Å². The number of terminal acetylenes is 1. The maximum atomic E-state index is 10.8. The first-order chi connectivity index (χ1) is 6.20. The summed E-state index contributed by atoms with van der Waals surface area (Å²) in [6.45, 7) is 1.69. The molecule has 0 aromatic rings. The Morgan fingerprint density at radius 3 is 2.54 bits per heavy atom. The SMILES string of the molecule is C#CCOC(=O)CCOC(=O)CC. The summed E-state index contributed by atoms with van der Waals surface area (Å²) >= 11 is 0. The van der Waals surface area contributed by atoms with Gasteiger partial charge in [0, 0.05) is 6.42 Å². The maximum Gasteiger partial charge on any atom is 0.310 e. The van der Waals surface area contributed by atoms with Crippen molar-refractivity contribution in [1.82, 2.24) is 0 Å². The molecule has 4 heteroatoms. The molecule has 0 aromatic carbocycles. The lowest BCUT2D eigenvalue weighted by molar-refractivity contribution is -0.148. The monoisotopic (exact) mass is 184 g/mol. The van der Waals surface area contributed by atoms with E-state index < -0.39 is 5.97 Å². The second kappa shape index (κ2) is 7.17. The summed E-state index contributed by atoms with van der Waals surface area (Å²) in [6.07, 6.45) is 5.22. The molecular formula is C9H12O4. The third kappa shape index (κ3) is 6.88. The van der Waals surface area contributed by atoms with Crippen molar-refractivity contribution in [3.8, 4) is 12.3 Å². The standard InChI is InChI=1S/C9H12O4/c1-3-6-12-9(11)5-7-13-8(10)4-2/h1H,4-7H2,2H3. The van der Waals surface area contributed by atoms with Gasteiger partial charge >= 0.3 is 11.9 Å². The lowest BCUT2D eigenvalue weighted by Gasteiger charge is -2.02. The zero-order valence-electron chi connectivity index (χ0n) is 7.54. The molecule has 0 bridgehead atoms. The lowest BCUT2D eigenvalue weighted by atomic mass is 10.4. The van der Waals surface area contributed by atoms with Crippen molar-refractivity contribution in [1.29, 1.82) is 0 Å². The molecule has 0 heterocycles. The predicted octanol–water partition coefficient (Wildman–Crippen LogP) is 0.506. The second-order valence-corrected chi connectivity index (χ2v) is 2.19. The maximum absolute atomic E-state index is 10.8. The fraction of sp³-hybridized carbons (Fsp3) is 0.556. The minimum Gasteiger partial charge on any atom is -0.465 e. The van der Waals surface area contributed by atoms with Gasteiger partial charge in [-0.05, 0) is 0 Å². The van der Waals surface area contributed by atoms with E-state index in [1.165, 1.54) is 0 Å². The zero-order valence-corrected chi connectivity index (χ0v) is 7.54. The van der Waals surface area contributed by atoms with Crippen LogP contribution in [0, 0.1) is 12.3 Å². The largest absolute Gasteiger partial charge is 0.465 e. The van der Waals surface area contributed by atoms with Gasteiger partial charge in [0.1, 0.15) is 6.61 Å². The van der Waals surface area contributed by atoms with Gasteiger partial charge in [0.05, 0.1) is 6.42 Å². The Morgan fingerprint density at radius 1 is 1.31 bits per heavy atom. The van der Waals surface area contributed by atoms with Crippen LogP contribution in [0.3, 0.4) is 0 Å². The fourth-order valence-corrected chi connectivity index (χ4v) is 0.545. The fourth-order valence-electron chi connectivity index (χ4n) is 0.545. The Balaban J connectivity index is 3.38. The van der Waals surface area contributed by atoms with Gasteiger partial charge in [0.25, 0.3) is 0 Å². The number of carbonyl (C=O) groups is 2. The topological polar surface area (TPSA) is 52.6 Å². The molecule has 0 saturated heterocycles. The van der Waals surface area contributed by atoms with Gasteiger partial charge in [-0.3, -0.25) is 9.59 Å². The summed E-state index contributed by atoms with van der Waals surface area (Å²) in [5.74, 6) is 1.37. The number of hydrogen-bond acceptors (Lipinski definition) is 4. The summed E-state index contributed by atoms with van der Waals surface area (Å²) in [4.78, 5) is 21.4. The number of rotatable bonds is 5. The molecule has 0 radical (unpaired) electrons. The van der Waals surface area contributed by atoms with E-state index in [0.29, 0.717) is 6.42 Å². The Labute approximate surface area is 77.2 Å². The molecule has 72 valence electrons. The van der Waals surface area contributed by atoms with Crippen molar-refractivity contribution in [2.45, 2.75) is 19.8 Å². The van der Waals surface area contributed by atoms with Gasteiger partial charge < -0.3 is 9.47 Å². The van der Waals surface area contributed by atoms with E-state index in [2.05, 4.69) is 15.4 Å². The molecule has 0 spiro atoms. The number of carbonyl (C=O) groups excluding carboxylic acids is 2. The van der Waals surface area contributed by atoms with Gasteiger partial charge in [0.15, 0.2) is 6.61 Å². The van der Waals surface area contributed by atoms with E-state index in [1.54, 1.807) is 6.92 Å². The molecule has 0 saturated carbocycles. The minimum absolute atomic E-state index is 0.0411. The van der Waals surface area contributed by atoms with E-state index in [9.17, 15) is 9.59 Å². The highest BCUT2D eigenvalue weighted by molar-refractivity contribution is 5.71. The van der Waals surface area contributed by atoms with E-state index in [0.717, 1.165) is 0 Å². The number of ether oxygens (including phenoxy) is 2. The molecule has 0 aliphatic rings. The van der Waals surface area contributed by atoms with Crippen LogP contribution in [0.4, 0.5) is 0 Å². The molecule has 0 aliphatic heterocycles. The van der Waals surface area contributed by atoms with Crippen LogP contribution in [-0.4, -0.2) is 25.2 Å². The predicted molar refractivity (Wildman–Crippen MR) is 45.7 cm³/mol. The summed E-state index contributed by atoms with van der Waals surface area (Å²) in [6, 6.07) is 0. The summed E-state index contributed by atoms with van der Waals surface area (Å²) in [7, 11) is 0. The van der Waals surface area contributed by atoms with Crippen LogP contribution in [-0.2, 0) is 19.1 Å². The van der Waals surface area contributed by atoms with Crippen molar-refractivity contribution in [3.63, 3.8) is 0 Å². The summed E-state index contributed by atoms with van der Waals surface area (Å²) in [5.41, 5.74) is 0. The molecule has 0 N–H and O–H groups in total. The van der Waals surface area contributed by atoms with E-state index in [1.807, 2.05) is 0 Å². The molecule has 0 rings (SSSR count). The van der Waals surface area contributed by atoms with Crippen LogP contribution < -0.4 is 0 Å². The van der Waals surface area contributed by atoms with Crippen molar-refractivity contribution in [2.75, 3.05) is 13.2 Å². The Hall–Kier alpha value is -1.50.